The highest BCUT2D eigenvalue weighted by atomic mass is 19.1. The van der Waals surface area contributed by atoms with Crippen LogP contribution in [0.2, 0.25) is 0 Å². The summed E-state index contributed by atoms with van der Waals surface area (Å²) in [7, 11) is 0. The normalized spacial score (nSPS) is 13.5. The average molecular weight is 448 g/mol. The molecule has 7 heteroatoms. The van der Waals surface area contributed by atoms with Crippen molar-refractivity contribution in [3.05, 3.63) is 77.6 Å². The molecule has 1 N–H and O–H groups in total. The summed E-state index contributed by atoms with van der Waals surface area (Å²) < 4.78 is 14.4. The van der Waals surface area contributed by atoms with E-state index in [1.807, 2.05) is 38.1 Å². The van der Waals surface area contributed by atoms with Gasteiger partial charge in [0, 0.05) is 29.1 Å². The number of nitrogens with zero attached hydrogens (tertiary/aromatic N) is 2. The van der Waals surface area contributed by atoms with Crippen LogP contribution in [-0.4, -0.2) is 41.2 Å². The molecule has 6 nitrogen and oxygen atoms in total. The van der Waals surface area contributed by atoms with Crippen molar-refractivity contribution in [3.8, 4) is 0 Å². The lowest BCUT2D eigenvalue weighted by Crippen LogP contribution is -2.52. The molecule has 3 aromatic carbocycles. The molecule has 170 valence electrons. The van der Waals surface area contributed by atoms with Crippen molar-refractivity contribution in [1.82, 2.24) is 10.2 Å². The minimum atomic E-state index is -0.852. The number of carbonyl (C=O) groups excluding carboxylic acids is 3. The van der Waals surface area contributed by atoms with Crippen LogP contribution in [0.25, 0.3) is 10.8 Å². The molecule has 3 aromatic rings. The maximum Gasteiger partial charge on any atom is 0.259 e. The minimum absolute atomic E-state index is 0.0859. The van der Waals surface area contributed by atoms with Gasteiger partial charge in [0.15, 0.2) is 0 Å². The molecule has 0 saturated heterocycles. The van der Waals surface area contributed by atoms with Gasteiger partial charge in [0.2, 0.25) is 11.8 Å². The molecule has 0 fully saturated rings. The number of halogens is 1. The monoisotopic (exact) mass is 447 g/mol. The zero-order valence-electron chi connectivity index (χ0n) is 18.8. The van der Waals surface area contributed by atoms with Crippen molar-refractivity contribution in [2.75, 3.05) is 11.4 Å². The number of hydrogen-bond donors (Lipinski definition) is 1. The van der Waals surface area contributed by atoms with E-state index in [1.54, 1.807) is 37.3 Å². The van der Waals surface area contributed by atoms with Gasteiger partial charge in [0.1, 0.15) is 18.4 Å². The Balaban J connectivity index is 1.64. The van der Waals surface area contributed by atoms with Gasteiger partial charge in [0.25, 0.3) is 5.91 Å². The van der Waals surface area contributed by atoms with Crippen LogP contribution < -0.4 is 10.2 Å². The molecule has 0 saturated carbocycles. The fourth-order valence-corrected chi connectivity index (χ4v) is 4.16. The van der Waals surface area contributed by atoms with E-state index >= 15 is 0 Å². The third-order valence-electron chi connectivity index (χ3n) is 5.84. The van der Waals surface area contributed by atoms with Crippen LogP contribution in [0.5, 0.6) is 0 Å². The second-order valence-corrected chi connectivity index (χ2v) is 8.52. The Morgan fingerprint density at radius 1 is 1.00 bits per heavy atom. The van der Waals surface area contributed by atoms with Crippen LogP contribution in [0.15, 0.2) is 60.7 Å². The van der Waals surface area contributed by atoms with E-state index in [1.165, 1.54) is 15.9 Å². The molecule has 1 atom stereocenters. The first-order valence-corrected chi connectivity index (χ1v) is 10.9. The molecule has 1 heterocycles. The van der Waals surface area contributed by atoms with Crippen LogP contribution in [0.1, 0.15) is 36.7 Å². The predicted molar refractivity (Wildman–Crippen MR) is 125 cm³/mol. The standard InChI is InChI=1S/C26H26FN3O3/c1-16(2)28-25(32)17(3)29(14-19-8-4-5-12-21(19)27)23(31)15-30-22-13-7-10-18-9-6-11-20(24(18)22)26(30)33/h4-13,16-17H,14-15H2,1-3H3,(H,28,32)/t17-/m0/s1. The lowest BCUT2D eigenvalue weighted by atomic mass is 10.1. The van der Waals surface area contributed by atoms with Crippen LogP contribution >= 0.6 is 0 Å². The lowest BCUT2D eigenvalue weighted by molar-refractivity contribution is -0.139. The van der Waals surface area contributed by atoms with Crippen molar-refractivity contribution in [1.29, 1.82) is 0 Å². The number of hydrogen-bond acceptors (Lipinski definition) is 3. The summed E-state index contributed by atoms with van der Waals surface area (Å²) in [6.07, 6.45) is 0. The maximum absolute atomic E-state index is 14.4. The van der Waals surface area contributed by atoms with Crippen molar-refractivity contribution in [2.24, 2.45) is 0 Å². The van der Waals surface area contributed by atoms with E-state index in [2.05, 4.69) is 5.32 Å². The summed E-state index contributed by atoms with van der Waals surface area (Å²) in [5, 5.41) is 4.53. The number of benzene rings is 3. The molecule has 1 aliphatic rings. The van der Waals surface area contributed by atoms with Crippen molar-refractivity contribution >= 4 is 34.2 Å². The molecule has 4 rings (SSSR count). The summed E-state index contributed by atoms with van der Waals surface area (Å²) in [6.45, 7) is 4.93. The summed E-state index contributed by atoms with van der Waals surface area (Å²) in [5.74, 6) is -1.50. The van der Waals surface area contributed by atoms with Gasteiger partial charge in [-0.1, -0.05) is 42.5 Å². The Hall–Kier alpha value is -3.74. The van der Waals surface area contributed by atoms with Crippen molar-refractivity contribution in [3.63, 3.8) is 0 Å². The zero-order chi connectivity index (χ0) is 23.7. The summed E-state index contributed by atoms with van der Waals surface area (Å²) >= 11 is 0. The van der Waals surface area contributed by atoms with Gasteiger partial charge in [-0.3, -0.25) is 19.3 Å². The molecule has 33 heavy (non-hydrogen) atoms. The Morgan fingerprint density at radius 3 is 2.39 bits per heavy atom. The van der Waals surface area contributed by atoms with Gasteiger partial charge in [-0.25, -0.2) is 4.39 Å². The molecule has 3 amide bonds. The number of amides is 3. The van der Waals surface area contributed by atoms with Gasteiger partial charge in [0.05, 0.1) is 5.69 Å². The van der Waals surface area contributed by atoms with E-state index in [0.717, 1.165) is 10.8 Å². The number of carbonyl (C=O) groups is 3. The third-order valence-corrected chi connectivity index (χ3v) is 5.84. The number of anilines is 1. The molecule has 0 bridgehead atoms. The van der Waals surface area contributed by atoms with Gasteiger partial charge < -0.3 is 10.2 Å². The molecular weight excluding hydrogens is 421 g/mol. The summed E-state index contributed by atoms with van der Waals surface area (Å²) in [5.41, 5.74) is 1.50. The molecule has 0 aromatic heterocycles. The van der Waals surface area contributed by atoms with E-state index in [-0.39, 0.29) is 30.9 Å². The predicted octanol–water partition coefficient (Wildman–Crippen LogP) is 3.88. The van der Waals surface area contributed by atoms with Gasteiger partial charge in [-0.15, -0.1) is 0 Å². The molecule has 0 spiro atoms. The first kappa shape index (κ1) is 22.5. The van der Waals surface area contributed by atoms with E-state index < -0.39 is 17.8 Å². The number of rotatable bonds is 7. The van der Waals surface area contributed by atoms with Crippen LogP contribution in [0.3, 0.4) is 0 Å². The highest BCUT2D eigenvalue weighted by molar-refractivity contribution is 6.26. The highest BCUT2D eigenvalue weighted by Gasteiger charge is 2.34. The highest BCUT2D eigenvalue weighted by Crippen LogP contribution is 2.37. The molecule has 0 aliphatic carbocycles. The second-order valence-electron chi connectivity index (χ2n) is 8.52. The summed E-state index contributed by atoms with van der Waals surface area (Å²) in [6, 6.07) is 16.2. The first-order chi connectivity index (χ1) is 15.8. The van der Waals surface area contributed by atoms with Crippen LogP contribution in [0, 0.1) is 5.82 Å². The third kappa shape index (κ3) is 4.31. The number of nitrogens with one attached hydrogen (secondary N) is 1. The quantitative estimate of drug-likeness (QED) is 0.598. The first-order valence-electron chi connectivity index (χ1n) is 10.9. The van der Waals surface area contributed by atoms with E-state index in [0.29, 0.717) is 16.8 Å². The maximum atomic E-state index is 14.4. The Morgan fingerprint density at radius 2 is 1.70 bits per heavy atom. The van der Waals surface area contributed by atoms with E-state index in [9.17, 15) is 18.8 Å². The smallest absolute Gasteiger partial charge is 0.259 e. The topological polar surface area (TPSA) is 69.7 Å². The fraction of sp³-hybridized carbons (Fsp3) is 0.269. The Labute approximate surface area is 192 Å². The van der Waals surface area contributed by atoms with Crippen molar-refractivity contribution < 1.29 is 18.8 Å². The van der Waals surface area contributed by atoms with Crippen LogP contribution in [0.4, 0.5) is 10.1 Å². The lowest BCUT2D eigenvalue weighted by Gasteiger charge is -2.31. The molecule has 0 radical (unpaired) electrons. The van der Waals surface area contributed by atoms with Gasteiger partial charge >= 0.3 is 0 Å². The largest absolute Gasteiger partial charge is 0.352 e. The van der Waals surface area contributed by atoms with Crippen molar-refractivity contribution in [2.45, 2.75) is 39.4 Å². The Bertz CT molecular complexity index is 1240. The molecule has 0 unspecified atom stereocenters. The fourth-order valence-electron chi connectivity index (χ4n) is 4.16. The van der Waals surface area contributed by atoms with Gasteiger partial charge in [-0.05, 0) is 44.4 Å². The van der Waals surface area contributed by atoms with Crippen LogP contribution in [-0.2, 0) is 16.1 Å². The SMILES string of the molecule is CC(C)NC(=O)[C@H](C)N(Cc1ccccc1F)C(=O)CN1C(=O)c2cccc3cccc1c23. The Kier molecular flexibility index (Phi) is 6.14. The molecular formula is C26H26FN3O3. The molecule has 1 aliphatic heterocycles. The minimum Gasteiger partial charge on any atom is -0.352 e. The van der Waals surface area contributed by atoms with Gasteiger partial charge in [-0.2, -0.15) is 0 Å². The average Bonchev–Trinajstić information content (AvgIpc) is 3.05. The van der Waals surface area contributed by atoms with E-state index in [4.69, 9.17) is 0 Å². The second kappa shape index (κ2) is 9.02. The zero-order valence-corrected chi connectivity index (χ0v) is 18.8. The summed E-state index contributed by atoms with van der Waals surface area (Å²) in [4.78, 5) is 42.1.